The van der Waals surface area contributed by atoms with E-state index in [1.807, 2.05) is 13.2 Å². The van der Waals surface area contributed by atoms with E-state index in [-0.39, 0.29) is 17.3 Å². The second-order valence-corrected chi connectivity index (χ2v) is 7.22. The normalized spacial score (nSPS) is 11.4. The third-order valence-corrected chi connectivity index (χ3v) is 5.23. The van der Waals surface area contributed by atoms with Crippen LogP contribution in [-0.2, 0) is 21.9 Å². The van der Waals surface area contributed by atoms with Gasteiger partial charge in [-0.3, -0.25) is 4.68 Å². The number of aromatic nitrogens is 3. The summed E-state index contributed by atoms with van der Waals surface area (Å²) < 4.78 is 28.0. The second kappa shape index (κ2) is 7.59. The molecule has 7 nitrogen and oxygen atoms in total. The summed E-state index contributed by atoms with van der Waals surface area (Å²) in [6.07, 6.45) is 8.58. The average Bonchev–Trinajstić information content (AvgIpc) is 3.22. The van der Waals surface area contributed by atoms with Gasteiger partial charge in [0.15, 0.2) is 0 Å². The zero-order valence-corrected chi connectivity index (χ0v) is 15.3. The van der Waals surface area contributed by atoms with Gasteiger partial charge in [0.2, 0.25) is 0 Å². The molecule has 0 saturated heterocycles. The van der Waals surface area contributed by atoms with Gasteiger partial charge >= 0.3 is 5.97 Å². The fraction of sp³-hybridized carbons (Fsp3) is 0.0588. The van der Waals surface area contributed by atoms with Crippen LogP contribution in [0.5, 0.6) is 0 Å². The lowest BCUT2D eigenvalue weighted by Gasteiger charge is -2.06. The minimum atomic E-state index is -3.74. The van der Waals surface area contributed by atoms with E-state index in [4.69, 9.17) is 5.11 Å². The predicted octanol–water partition coefficient (Wildman–Crippen LogP) is 2.65. The third-order valence-electron chi connectivity index (χ3n) is 3.58. The zero-order chi connectivity index (χ0) is 18.0. The minimum Gasteiger partial charge on any atom is -0.478 e. The molecule has 0 radical (unpaired) electrons. The molecule has 2 aromatic heterocycles. The van der Waals surface area contributed by atoms with E-state index in [9.17, 15) is 13.2 Å². The molecule has 3 rings (SSSR count). The first-order chi connectivity index (χ1) is 11.9. The Bertz CT molecular complexity index is 1050. The molecule has 0 aliphatic rings. The first-order valence-corrected chi connectivity index (χ1v) is 8.74. The van der Waals surface area contributed by atoms with E-state index in [0.717, 1.165) is 21.2 Å². The van der Waals surface area contributed by atoms with Crippen molar-refractivity contribution >= 4 is 34.5 Å². The van der Waals surface area contributed by atoms with Gasteiger partial charge in [-0.1, -0.05) is 12.1 Å². The zero-order valence-electron chi connectivity index (χ0n) is 13.7. The van der Waals surface area contributed by atoms with Crippen LogP contribution in [0.4, 0.5) is 0 Å². The van der Waals surface area contributed by atoms with E-state index in [0.29, 0.717) is 5.56 Å². The Labute approximate surface area is 156 Å². The molecule has 9 heteroatoms. The van der Waals surface area contributed by atoms with E-state index in [1.54, 1.807) is 23.0 Å². The molecule has 26 heavy (non-hydrogen) atoms. The highest BCUT2D eigenvalue weighted by Crippen LogP contribution is 2.22. The first kappa shape index (κ1) is 19.5. The summed E-state index contributed by atoms with van der Waals surface area (Å²) in [6, 6.07) is 8.03. The minimum absolute atomic E-state index is 0. The lowest BCUT2D eigenvalue weighted by atomic mass is 10.1. The van der Waals surface area contributed by atoms with Gasteiger partial charge in [-0.05, 0) is 35.4 Å². The summed E-state index contributed by atoms with van der Waals surface area (Å²) in [5.74, 6) is -1.10. The van der Waals surface area contributed by atoms with Gasteiger partial charge in [0.25, 0.3) is 10.0 Å². The maximum Gasteiger partial charge on any atom is 0.328 e. The molecule has 1 aromatic carbocycles. The number of carboxylic acid groups (broad SMARTS) is 1. The Hall–Kier alpha value is -2.84. The topological polar surface area (TPSA) is 94.2 Å². The summed E-state index contributed by atoms with van der Waals surface area (Å²) in [5.41, 5.74) is 2.25. The van der Waals surface area contributed by atoms with Crippen LogP contribution >= 0.6 is 12.4 Å². The third kappa shape index (κ3) is 4.04. The van der Waals surface area contributed by atoms with Crippen molar-refractivity contribution in [1.82, 2.24) is 13.8 Å². The Morgan fingerprint density at radius 3 is 2.38 bits per heavy atom. The molecule has 1 N–H and O–H groups in total. The van der Waals surface area contributed by atoms with Gasteiger partial charge in [0.05, 0.1) is 11.1 Å². The lowest BCUT2D eigenvalue weighted by molar-refractivity contribution is -0.131. The standard InChI is InChI=1S/C17H15N3O4S.ClH/c1-19-12-15(10-18-19)14-3-5-16(6-4-14)25(23,24)20-9-8-13(11-20)2-7-17(21)22;/h2-12H,1H3,(H,21,22);1H/b7-2+;. The van der Waals surface area contributed by atoms with Gasteiger partial charge in [0, 0.05) is 37.3 Å². The summed E-state index contributed by atoms with van der Waals surface area (Å²) in [7, 11) is -1.93. The highest BCUT2D eigenvalue weighted by Gasteiger charge is 2.16. The van der Waals surface area contributed by atoms with Crippen LogP contribution in [0, 0.1) is 0 Å². The Balaban J connectivity index is 0.00000243. The van der Waals surface area contributed by atoms with Crippen LogP contribution < -0.4 is 0 Å². The largest absolute Gasteiger partial charge is 0.478 e. The molecule has 136 valence electrons. The van der Waals surface area contributed by atoms with Crippen molar-refractivity contribution in [3.63, 3.8) is 0 Å². The summed E-state index contributed by atoms with van der Waals surface area (Å²) in [5, 5.41) is 12.7. The van der Waals surface area contributed by atoms with Gasteiger partial charge in [-0.15, -0.1) is 12.4 Å². The molecule has 3 aromatic rings. The number of carbonyl (C=O) groups is 1. The van der Waals surface area contributed by atoms with Crippen LogP contribution in [-0.4, -0.2) is 33.2 Å². The van der Waals surface area contributed by atoms with Crippen molar-refractivity contribution in [1.29, 1.82) is 0 Å². The number of hydrogen-bond donors (Lipinski definition) is 1. The van der Waals surface area contributed by atoms with Crippen molar-refractivity contribution in [2.75, 3.05) is 0 Å². The monoisotopic (exact) mass is 393 g/mol. The molecule has 0 unspecified atom stereocenters. The smallest absolute Gasteiger partial charge is 0.328 e. The molecule has 0 spiro atoms. The number of benzene rings is 1. The number of halogens is 1. The van der Waals surface area contributed by atoms with Crippen molar-refractivity contribution < 1.29 is 18.3 Å². The van der Waals surface area contributed by atoms with Crippen LogP contribution in [0.1, 0.15) is 5.56 Å². The van der Waals surface area contributed by atoms with Crippen molar-refractivity contribution in [2.45, 2.75) is 4.90 Å². The highest BCUT2D eigenvalue weighted by atomic mass is 35.5. The van der Waals surface area contributed by atoms with Gasteiger partial charge in [-0.2, -0.15) is 5.10 Å². The second-order valence-electron chi connectivity index (χ2n) is 5.38. The van der Waals surface area contributed by atoms with E-state index in [1.165, 1.54) is 36.7 Å². The fourth-order valence-electron chi connectivity index (χ4n) is 2.32. The van der Waals surface area contributed by atoms with Crippen molar-refractivity contribution in [2.24, 2.45) is 7.05 Å². The summed E-state index contributed by atoms with van der Waals surface area (Å²) in [6.45, 7) is 0. The molecule has 0 saturated carbocycles. The number of hydrogen-bond acceptors (Lipinski definition) is 4. The molecular weight excluding hydrogens is 378 g/mol. The van der Waals surface area contributed by atoms with E-state index >= 15 is 0 Å². The number of aryl methyl sites for hydroxylation is 1. The maximum absolute atomic E-state index is 12.6. The average molecular weight is 394 g/mol. The fourth-order valence-corrected chi connectivity index (χ4v) is 3.52. The van der Waals surface area contributed by atoms with Crippen LogP contribution in [0.3, 0.4) is 0 Å². The first-order valence-electron chi connectivity index (χ1n) is 7.30. The van der Waals surface area contributed by atoms with Crippen molar-refractivity contribution in [3.8, 4) is 11.1 Å². The Morgan fingerprint density at radius 1 is 1.12 bits per heavy atom. The van der Waals surface area contributed by atoms with Crippen molar-refractivity contribution in [3.05, 3.63) is 66.8 Å². The van der Waals surface area contributed by atoms with Crippen LogP contribution in [0.15, 0.2) is 66.1 Å². The molecule has 0 fully saturated rings. The maximum atomic E-state index is 12.6. The molecule has 0 aliphatic carbocycles. The van der Waals surface area contributed by atoms with Gasteiger partial charge < -0.3 is 5.11 Å². The summed E-state index contributed by atoms with van der Waals surface area (Å²) in [4.78, 5) is 10.7. The summed E-state index contributed by atoms with van der Waals surface area (Å²) >= 11 is 0. The van der Waals surface area contributed by atoms with Gasteiger partial charge in [-0.25, -0.2) is 17.2 Å². The Kier molecular flexibility index (Phi) is 5.69. The highest BCUT2D eigenvalue weighted by molar-refractivity contribution is 7.90. The number of carboxylic acids is 1. The molecule has 0 amide bonds. The number of aliphatic carboxylic acids is 1. The molecule has 0 atom stereocenters. The molecule has 2 heterocycles. The van der Waals surface area contributed by atoms with Gasteiger partial charge in [0.1, 0.15) is 0 Å². The SMILES string of the molecule is Cl.Cn1cc(-c2ccc(S(=O)(=O)n3ccc(/C=C/C(=O)O)c3)cc2)cn1. The quantitative estimate of drug-likeness (QED) is 0.672. The number of rotatable bonds is 5. The van der Waals surface area contributed by atoms with E-state index in [2.05, 4.69) is 5.10 Å². The Morgan fingerprint density at radius 2 is 1.81 bits per heavy atom. The molecule has 0 aliphatic heterocycles. The predicted molar refractivity (Wildman–Crippen MR) is 99.6 cm³/mol. The molecular formula is C17H16ClN3O4S. The van der Waals surface area contributed by atoms with E-state index < -0.39 is 16.0 Å². The lowest BCUT2D eigenvalue weighted by Crippen LogP contribution is -2.10. The number of nitrogens with zero attached hydrogens (tertiary/aromatic N) is 3. The molecule has 0 bridgehead atoms. The van der Waals surface area contributed by atoms with Crippen LogP contribution in [0.2, 0.25) is 0 Å². The van der Waals surface area contributed by atoms with Crippen LogP contribution in [0.25, 0.3) is 17.2 Å².